The van der Waals surface area contributed by atoms with Gasteiger partial charge in [-0.2, -0.15) is 0 Å². The highest BCUT2D eigenvalue weighted by Gasteiger charge is 2.24. The first kappa shape index (κ1) is 22.9. The molecule has 0 aliphatic carbocycles. The summed E-state index contributed by atoms with van der Waals surface area (Å²) in [5, 5.41) is 3.32. The fraction of sp³-hybridized carbons (Fsp3) is 0.120. The second kappa shape index (κ2) is 10.6. The van der Waals surface area contributed by atoms with E-state index < -0.39 is 0 Å². The van der Waals surface area contributed by atoms with Crippen LogP contribution in [-0.2, 0) is 11.4 Å². The summed E-state index contributed by atoms with van der Waals surface area (Å²) in [5.74, 6) is 1.72. The molecular weight excluding hydrogens is 504 g/mol. The molecule has 0 spiro atoms. The van der Waals surface area contributed by atoms with Gasteiger partial charge >= 0.3 is 0 Å². The van der Waals surface area contributed by atoms with Crippen LogP contribution < -0.4 is 19.5 Å². The number of carbonyl (C=O) groups is 1. The molecule has 0 unspecified atom stereocenters. The SMILES string of the molecule is COc1ccc(N=C2NC(=O)/C(=C/c3cc(Br)c(OCc4ccccc4)c(OC)c3)S2)cc1. The Morgan fingerprint density at radius 3 is 2.48 bits per heavy atom. The highest BCUT2D eigenvalue weighted by molar-refractivity contribution is 9.10. The van der Waals surface area contributed by atoms with Crippen molar-refractivity contribution in [2.24, 2.45) is 4.99 Å². The molecule has 0 radical (unpaired) electrons. The molecule has 3 aromatic carbocycles. The normalized spacial score (nSPS) is 15.5. The van der Waals surface area contributed by atoms with Crippen LogP contribution in [0.1, 0.15) is 11.1 Å². The Morgan fingerprint density at radius 1 is 1.03 bits per heavy atom. The molecule has 1 fully saturated rings. The number of methoxy groups -OCH3 is 2. The van der Waals surface area contributed by atoms with Gasteiger partial charge in [0.05, 0.1) is 29.3 Å². The van der Waals surface area contributed by atoms with Crippen molar-refractivity contribution >= 4 is 50.5 Å². The van der Waals surface area contributed by atoms with Crippen molar-refractivity contribution in [2.75, 3.05) is 14.2 Å². The third-order valence-electron chi connectivity index (χ3n) is 4.73. The number of halogens is 1. The molecule has 3 aromatic rings. The van der Waals surface area contributed by atoms with E-state index >= 15 is 0 Å². The van der Waals surface area contributed by atoms with Crippen molar-refractivity contribution in [3.8, 4) is 17.2 Å². The van der Waals surface area contributed by atoms with Gasteiger partial charge in [-0.05, 0) is 81.3 Å². The second-order valence-electron chi connectivity index (χ2n) is 6.99. The van der Waals surface area contributed by atoms with E-state index in [2.05, 4.69) is 26.2 Å². The van der Waals surface area contributed by atoms with Gasteiger partial charge in [0, 0.05) is 0 Å². The number of hydrogen-bond acceptors (Lipinski definition) is 6. The van der Waals surface area contributed by atoms with E-state index in [1.165, 1.54) is 11.8 Å². The van der Waals surface area contributed by atoms with Crippen molar-refractivity contribution in [3.05, 3.63) is 87.2 Å². The van der Waals surface area contributed by atoms with Crippen molar-refractivity contribution < 1.29 is 19.0 Å². The number of amidine groups is 1. The molecule has 0 aromatic heterocycles. The monoisotopic (exact) mass is 524 g/mol. The van der Waals surface area contributed by atoms with Gasteiger partial charge in [0.25, 0.3) is 5.91 Å². The van der Waals surface area contributed by atoms with E-state index in [1.807, 2.05) is 66.7 Å². The number of nitrogens with one attached hydrogen (secondary N) is 1. The average Bonchev–Trinajstić information content (AvgIpc) is 3.17. The largest absolute Gasteiger partial charge is 0.497 e. The lowest BCUT2D eigenvalue weighted by molar-refractivity contribution is -0.115. The summed E-state index contributed by atoms with van der Waals surface area (Å²) >= 11 is 4.85. The predicted octanol–water partition coefficient (Wildman–Crippen LogP) is 5.94. The maximum absolute atomic E-state index is 12.5. The Labute approximate surface area is 204 Å². The number of benzene rings is 3. The number of amides is 1. The lowest BCUT2D eigenvalue weighted by atomic mass is 10.2. The number of ether oxygens (including phenoxy) is 3. The quantitative estimate of drug-likeness (QED) is 0.387. The van der Waals surface area contributed by atoms with Crippen molar-refractivity contribution in [3.63, 3.8) is 0 Å². The molecule has 1 amide bonds. The molecule has 1 aliphatic rings. The summed E-state index contributed by atoms with van der Waals surface area (Å²) in [6.45, 7) is 0.416. The molecule has 0 bridgehead atoms. The number of hydrogen-bond donors (Lipinski definition) is 1. The molecule has 4 rings (SSSR count). The van der Waals surface area contributed by atoms with Crippen LogP contribution in [0.3, 0.4) is 0 Å². The lowest BCUT2D eigenvalue weighted by Crippen LogP contribution is -2.19. The Morgan fingerprint density at radius 2 is 1.79 bits per heavy atom. The fourth-order valence-corrected chi connectivity index (χ4v) is 4.51. The minimum Gasteiger partial charge on any atom is -0.497 e. The van der Waals surface area contributed by atoms with Gasteiger partial charge in [0.2, 0.25) is 0 Å². The first-order valence-electron chi connectivity index (χ1n) is 10.0. The first-order valence-corrected chi connectivity index (χ1v) is 11.6. The van der Waals surface area contributed by atoms with Gasteiger partial charge in [-0.25, -0.2) is 4.99 Å². The van der Waals surface area contributed by atoms with E-state index in [1.54, 1.807) is 20.3 Å². The zero-order chi connectivity index (χ0) is 23.2. The molecule has 6 nitrogen and oxygen atoms in total. The molecule has 1 heterocycles. The van der Waals surface area contributed by atoms with Crippen LogP contribution in [0.4, 0.5) is 5.69 Å². The number of aliphatic imine (C=N–C) groups is 1. The van der Waals surface area contributed by atoms with E-state index in [0.29, 0.717) is 28.2 Å². The Hall–Kier alpha value is -3.23. The van der Waals surface area contributed by atoms with E-state index in [0.717, 1.165) is 27.0 Å². The molecule has 168 valence electrons. The third kappa shape index (κ3) is 5.77. The van der Waals surface area contributed by atoms with Gasteiger partial charge in [-0.15, -0.1) is 0 Å². The summed E-state index contributed by atoms with van der Waals surface area (Å²) in [5.41, 5.74) is 2.58. The predicted molar refractivity (Wildman–Crippen MR) is 135 cm³/mol. The second-order valence-corrected chi connectivity index (χ2v) is 8.87. The zero-order valence-electron chi connectivity index (χ0n) is 18.0. The lowest BCUT2D eigenvalue weighted by Gasteiger charge is -2.13. The summed E-state index contributed by atoms with van der Waals surface area (Å²) in [4.78, 5) is 17.5. The van der Waals surface area contributed by atoms with Crippen LogP contribution in [0.5, 0.6) is 17.2 Å². The van der Waals surface area contributed by atoms with Gasteiger partial charge in [-0.1, -0.05) is 30.3 Å². The summed E-state index contributed by atoms with van der Waals surface area (Å²) < 4.78 is 17.4. The van der Waals surface area contributed by atoms with Crippen LogP contribution in [0.2, 0.25) is 0 Å². The van der Waals surface area contributed by atoms with E-state index in [4.69, 9.17) is 14.2 Å². The number of rotatable bonds is 7. The zero-order valence-corrected chi connectivity index (χ0v) is 20.4. The molecule has 8 heteroatoms. The van der Waals surface area contributed by atoms with Crippen molar-refractivity contribution in [1.29, 1.82) is 0 Å². The number of thioether (sulfide) groups is 1. The number of nitrogens with zero attached hydrogens (tertiary/aromatic N) is 1. The van der Waals surface area contributed by atoms with E-state index in [9.17, 15) is 4.79 Å². The maximum Gasteiger partial charge on any atom is 0.264 e. The van der Waals surface area contributed by atoms with Crippen LogP contribution >= 0.6 is 27.7 Å². The molecule has 1 aliphatic heterocycles. The van der Waals surface area contributed by atoms with Gasteiger partial charge in [-0.3, -0.25) is 4.79 Å². The van der Waals surface area contributed by atoms with Gasteiger partial charge in [0.15, 0.2) is 16.7 Å². The fourth-order valence-electron chi connectivity index (χ4n) is 3.10. The molecular formula is C25H21BrN2O4S. The van der Waals surface area contributed by atoms with Crippen LogP contribution in [-0.4, -0.2) is 25.3 Å². The van der Waals surface area contributed by atoms with Crippen LogP contribution in [0.25, 0.3) is 6.08 Å². The first-order chi connectivity index (χ1) is 16.1. The van der Waals surface area contributed by atoms with Crippen molar-refractivity contribution in [2.45, 2.75) is 6.61 Å². The van der Waals surface area contributed by atoms with E-state index in [-0.39, 0.29) is 5.91 Å². The maximum atomic E-state index is 12.5. The molecule has 0 atom stereocenters. The van der Waals surface area contributed by atoms with Crippen LogP contribution in [0.15, 0.2) is 81.1 Å². The topological polar surface area (TPSA) is 69.2 Å². The Balaban J connectivity index is 1.52. The molecule has 1 saturated heterocycles. The van der Waals surface area contributed by atoms with Crippen molar-refractivity contribution in [1.82, 2.24) is 5.32 Å². The summed E-state index contributed by atoms with van der Waals surface area (Å²) in [6, 6.07) is 20.9. The highest BCUT2D eigenvalue weighted by atomic mass is 79.9. The smallest absolute Gasteiger partial charge is 0.264 e. The molecule has 33 heavy (non-hydrogen) atoms. The number of carbonyl (C=O) groups excluding carboxylic acids is 1. The standard InChI is InChI=1S/C25H21BrN2O4S/c1-30-19-10-8-18(9-11-19)27-25-28-24(29)22(33-25)14-17-12-20(26)23(21(13-17)31-2)32-15-16-6-4-3-5-7-16/h3-14H,15H2,1-2H3,(H,27,28,29)/b22-14-. The highest BCUT2D eigenvalue weighted by Crippen LogP contribution is 2.38. The molecule has 1 N–H and O–H groups in total. The Kier molecular flexibility index (Phi) is 7.36. The Bertz CT molecular complexity index is 1210. The minimum absolute atomic E-state index is 0.202. The summed E-state index contributed by atoms with van der Waals surface area (Å²) in [7, 11) is 3.20. The summed E-state index contributed by atoms with van der Waals surface area (Å²) in [6.07, 6.45) is 1.80. The molecule has 0 saturated carbocycles. The average molecular weight is 525 g/mol. The minimum atomic E-state index is -0.202. The van der Waals surface area contributed by atoms with Crippen LogP contribution in [0, 0.1) is 0 Å². The van der Waals surface area contributed by atoms with Gasteiger partial charge < -0.3 is 19.5 Å². The third-order valence-corrected chi connectivity index (χ3v) is 6.23. The van der Waals surface area contributed by atoms with Gasteiger partial charge in [0.1, 0.15) is 12.4 Å².